The topological polar surface area (TPSA) is 40.5 Å². The number of nitrogens with zero attached hydrogens (tertiary/aromatic N) is 1. The number of aliphatic carboxylic acids is 1. The lowest BCUT2D eigenvalue weighted by Gasteiger charge is -2.21. The number of carbonyl (C=O) groups is 1. The fourth-order valence-corrected chi connectivity index (χ4v) is 1.85. The molecule has 0 saturated heterocycles. The average molecular weight is 293 g/mol. The molecule has 0 amide bonds. The lowest BCUT2D eigenvalue weighted by atomic mass is 10.1. The van der Waals surface area contributed by atoms with Gasteiger partial charge in [0.1, 0.15) is 5.82 Å². The molecule has 1 aromatic carbocycles. The molecule has 112 valence electrons. The molecule has 0 spiro atoms. The van der Waals surface area contributed by atoms with Gasteiger partial charge in [-0.3, -0.25) is 4.79 Å². The summed E-state index contributed by atoms with van der Waals surface area (Å²) in [5.74, 6) is -2.68. The van der Waals surface area contributed by atoms with Crippen LogP contribution in [-0.4, -0.2) is 29.6 Å². The number of alkyl halides is 3. The summed E-state index contributed by atoms with van der Waals surface area (Å²) >= 11 is 0. The molecule has 0 saturated carbocycles. The highest BCUT2D eigenvalue weighted by Gasteiger charge is 2.34. The maximum Gasteiger partial charge on any atom is 0.416 e. The molecule has 0 fully saturated rings. The number of hydrogen-bond acceptors (Lipinski definition) is 2. The molecule has 0 radical (unpaired) electrons. The number of benzene rings is 1. The van der Waals surface area contributed by atoms with Crippen LogP contribution >= 0.6 is 0 Å². The van der Waals surface area contributed by atoms with Crippen molar-refractivity contribution in [2.24, 2.45) is 5.92 Å². The van der Waals surface area contributed by atoms with E-state index in [2.05, 4.69) is 0 Å². The predicted molar refractivity (Wildman–Crippen MR) is 64.5 cm³/mol. The van der Waals surface area contributed by atoms with Gasteiger partial charge in [0.2, 0.25) is 0 Å². The van der Waals surface area contributed by atoms with Gasteiger partial charge < -0.3 is 10.0 Å². The van der Waals surface area contributed by atoms with Gasteiger partial charge in [0.25, 0.3) is 0 Å². The normalized spacial score (nSPS) is 13.6. The third kappa shape index (κ3) is 4.48. The standard InChI is InChI=1S/C13H15F4NO2/c1-8(12(19)20)6-18(2)7-9-3-4-10(14)5-11(9)13(15,16)17/h3-5,8H,6-7H2,1-2H3,(H,19,20). The lowest BCUT2D eigenvalue weighted by Crippen LogP contribution is -2.29. The first kappa shape index (κ1) is 16.4. The van der Waals surface area contributed by atoms with Crippen molar-refractivity contribution in [2.45, 2.75) is 19.6 Å². The summed E-state index contributed by atoms with van der Waals surface area (Å²) in [5.41, 5.74) is -1.12. The first-order chi connectivity index (χ1) is 9.11. The van der Waals surface area contributed by atoms with Crippen LogP contribution in [0.2, 0.25) is 0 Å². The third-order valence-electron chi connectivity index (χ3n) is 2.82. The summed E-state index contributed by atoms with van der Waals surface area (Å²) in [6.45, 7) is 1.46. The van der Waals surface area contributed by atoms with Gasteiger partial charge in [-0.2, -0.15) is 13.2 Å². The zero-order valence-electron chi connectivity index (χ0n) is 11.0. The van der Waals surface area contributed by atoms with E-state index in [4.69, 9.17) is 5.11 Å². The lowest BCUT2D eigenvalue weighted by molar-refractivity contribution is -0.142. The average Bonchev–Trinajstić information content (AvgIpc) is 2.29. The monoisotopic (exact) mass is 293 g/mol. The van der Waals surface area contributed by atoms with E-state index < -0.39 is 29.4 Å². The molecule has 1 unspecified atom stereocenters. The summed E-state index contributed by atoms with van der Waals surface area (Å²) in [5, 5.41) is 8.76. The molecule has 3 nitrogen and oxygen atoms in total. The minimum Gasteiger partial charge on any atom is -0.481 e. The van der Waals surface area contributed by atoms with Crippen LogP contribution in [0.15, 0.2) is 18.2 Å². The van der Waals surface area contributed by atoms with Gasteiger partial charge in [-0.25, -0.2) is 4.39 Å². The highest BCUT2D eigenvalue weighted by atomic mass is 19.4. The largest absolute Gasteiger partial charge is 0.481 e. The minimum atomic E-state index is -4.64. The molecule has 1 N–H and O–H groups in total. The molecule has 1 rings (SSSR count). The highest BCUT2D eigenvalue weighted by molar-refractivity contribution is 5.69. The number of halogens is 4. The van der Waals surface area contributed by atoms with E-state index in [0.29, 0.717) is 6.07 Å². The van der Waals surface area contributed by atoms with Crippen molar-refractivity contribution in [1.29, 1.82) is 0 Å². The van der Waals surface area contributed by atoms with E-state index in [9.17, 15) is 22.4 Å². The van der Waals surface area contributed by atoms with Crippen LogP contribution in [0.25, 0.3) is 0 Å². The zero-order valence-corrected chi connectivity index (χ0v) is 11.0. The Labute approximate surface area is 113 Å². The molecule has 7 heteroatoms. The fraction of sp³-hybridized carbons (Fsp3) is 0.462. The zero-order chi connectivity index (χ0) is 15.5. The van der Waals surface area contributed by atoms with Crippen LogP contribution < -0.4 is 0 Å². The van der Waals surface area contributed by atoms with Gasteiger partial charge in [0, 0.05) is 13.1 Å². The summed E-state index contributed by atoms with van der Waals surface area (Å²) < 4.78 is 51.3. The number of carboxylic acid groups (broad SMARTS) is 1. The maximum atomic E-state index is 12.9. The first-order valence-corrected chi connectivity index (χ1v) is 5.88. The van der Waals surface area contributed by atoms with Crippen molar-refractivity contribution in [3.05, 3.63) is 35.1 Å². The Balaban J connectivity index is 2.90. The van der Waals surface area contributed by atoms with Crippen molar-refractivity contribution < 1.29 is 27.5 Å². The maximum absolute atomic E-state index is 12.9. The molecular weight excluding hydrogens is 278 g/mol. The third-order valence-corrected chi connectivity index (χ3v) is 2.82. The molecular formula is C13H15F4NO2. The second kappa shape index (κ2) is 6.21. The Morgan fingerprint density at radius 3 is 2.50 bits per heavy atom. The Morgan fingerprint density at radius 2 is 2.00 bits per heavy atom. The van der Waals surface area contributed by atoms with Crippen molar-refractivity contribution in [3.63, 3.8) is 0 Å². The van der Waals surface area contributed by atoms with Crippen LogP contribution in [0, 0.1) is 11.7 Å². The first-order valence-electron chi connectivity index (χ1n) is 5.88. The van der Waals surface area contributed by atoms with Crippen LogP contribution in [0.4, 0.5) is 17.6 Å². The second-order valence-corrected chi connectivity index (χ2v) is 4.74. The Hall–Kier alpha value is -1.63. The smallest absolute Gasteiger partial charge is 0.416 e. The minimum absolute atomic E-state index is 0.0843. The quantitative estimate of drug-likeness (QED) is 0.848. The van der Waals surface area contributed by atoms with E-state index in [1.54, 1.807) is 0 Å². The van der Waals surface area contributed by atoms with Crippen molar-refractivity contribution in [2.75, 3.05) is 13.6 Å². The van der Waals surface area contributed by atoms with Crippen LogP contribution in [0.5, 0.6) is 0 Å². The van der Waals surface area contributed by atoms with Crippen LogP contribution in [0.3, 0.4) is 0 Å². The summed E-state index contributed by atoms with van der Waals surface area (Å²) in [7, 11) is 1.52. The summed E-state index contributed by atoms with van der Waals surface area (Å²) in [4.78, 5) is 12.2. The SMILES string of the molecule is CC(CN(C)Cc1ccc(F)cc1C(F)(F)F)C(=O)O. The number of rotatable bonds is 5. The second-order valence-electron chi connectivity index (χ2n) is 4.74. The van der Waals surface area contributed by atoms with Gasteiger partial charge in [-0.05, 0) is 24.7 Å². The summed E-state index contributed by atoms with van der Waals surface area (Å²) in [6, 6.07) is 2.48. The summed E-state index contributed by atoms with van der Waals surface area (Å²) in [6.07, 6.45) is -4.64. The Bertz CT molecular complexity index is 488. The van der Waals surface area contributed by atoms with Crippen molar-refractivity contribution >= 4 is 5.97 Å². The van der Waals surface area contributed by atoms with Gasteiger partial charge in [-0.15, -0.1) is 0 Å². The van der Waals surface area contributed by atoms with Gasteiger partial charge >= 0.3 is 12.1 Å². The predicted octanol–water partition coefficient (Wildman–Crippen LogP) is 3.00. The van der Waals surface area contributed by atoms with E-state index in [1.165, 1.54) is 18.9 Å². The molecule has 0 aromatic heterocycles. The van der Waals surface area contributed by atoms with Crippen LogP contribution in [0.1, 0.15) is 18.1 Å². The Kier molecular flexibility index (Phi) is 5.10. The number of carboxylic acids is 1. The van der Waals surface area contributed by atoms with E-state index >= 15 is 0 Å². The van der Waals surface area contributed by atoms with Crippen molar-refractivity contribution in [3.8, 4) is 0 Å². The van der Waals surface area contributed by atoms with Gasteiger partial charge in [0.05, 0.1) is 11.5 Å². The molecule has 0 aliphatic rings. The fourth-order valence-electron chi connectivity index (χ4n) is 1.85. The highest BCUT2D eigenvalue weighted by Crippen LogP contribution is 2.33. The molecule has 0 aliphatic carbocycles. The van der Waals surface area contributed by atoms with Crippen molar-refractivity contribution in [1.82, 2.24) is 4.90 Å². The number of hydrogen-bond donors (Lipinski definition) is 1. The van der Waals surface area contributed by atoms with E-state index in [-0.39, 0.29) is 18.7 Å². The van der Waals surface area contributed by atoms with E-state index in [1.807, 2.05) is 0 Å². The Morgan fingerprint density at radius 1 is 1.40 bits per heavy atom. The molecule has 20 heavy (non-hydrogen) atoms. The van der Waals surface area contributed by atoms with Gasteiger partial charge in [-0.1, -0.05) is 13.0 Å². The molecule has 0 bridgehead atoms. The van der Waals surface area contributed by atoms with Crippen LogP contribution in [-0.2, 0) is 17.5 Å². The molecule has 1 atom stereocenters. The molecule has 1 aromatic rings. The van der Waals surface area contributed by atoms with Gasteiger partial charge in [0.15, 0.2) is 0 Å². The molecule has 0 heterocycles. The molecule has 0 aliphatic heterocycles. The van der Waals surface area contributed by atoms with E-state index in [0.717, 1.165) is 12.1 Å².